The van der Waals surface area contributed by atoms with Crippen LogP contribution in [-0.2, 0) is 16.6 Å². The third kappa shape index (κ3) is 4.05. The Hall–Kier alpha value is -2.25. The van der Waals surface area contributed by atoms with Crippen LogP contribution < -0.4 is 5.32 Å². The SMILES string of the molecule is O=C(NCc1ccccc1S(=O)(=O)N1CCCCC1)c1ccccn1. The molecule has 0 spiro atoms. The lowest BCUT2D eigenvalue weighted by atomic mass is 10.2. The van der Waals surface area contributed by atoms with Crippen molar-refractivity contribution in [1.29, 1.82) is 0 Å². The normalized spacial score (nSPS) is 15.7. The van der Waals surface area contributed by atoms with E-state index in [9.17, 15) is 13.2 Å². The molecule has 1 aliphatic heterocycles. The van der Waals surface area contributed by atoms with Gasteiger partial charge in [-0.25, -0.2) is 8.42 Å². The molecule has 0 aliphatic carbocycles. The molecule has 0 atom stereocenters. The lowest BCUT2D eigenvalue weighted by Gasteiger charge is -2.26. The molecule has 0 unspecified atom stereocenters. The summed E-state index contributed by atoms with van der Waals surface area (Å²) in [5.41, 5.74) is 0.885. The van der Waals surface area contributed by atoms with Crippen LogP contribution in [0.15, 0.2) is 53.6 Å². The smallest absolute Gasteiger partial charge is 0.270 e. The Bertz CT molecular complexity index is 832. The predicted octanol–water partition coefficient (Wildman–Crippen LogP) is 2.19. The van der Waals surface area contributed by atoms with Gasteiger partial charge in [0, 0.05) is 25.8 Å². The van der Waals surface area contributed by atoms with Crippen molar-refractivity contribution < 1.29 is 13.2 Å². The highest BCUT2D eigenvalue weighted by Gasteiger charge is 2.27. The van der Waals surface area contributed by atoms with Gasteiger partial charge in [-0.3, -0.25) is 9.78 Å². The standard InChI is InChI=1S/C18H21N3O3S/c22-18(16-9-4-5-11-19-16)20-14-15-8-2-3-10-17(15)25(23,24)21-12-6-1-7-13-21/h2-5,8-11H,1,6-7,12-14H2,(H,20,22). The Kier molecular flexibility index (Phi) is 5.45. The number of aromatic nitrogens is 1. The number of carbonyl (C=O) groups excluding carboxylic acids is 1. The molecule has 6 nitrogen and oxygen atoms in total. The fourth-order valence-electron chi connectivity index (χ4n) is 2.91. The summed E-state index contributed by atoms with van der Waals surface area (Å²) >= 11 is 0. The summed E-state index contributed by atoms with van der Waals surface area (Å²) in [6.45, 7) is 1.24. The van der Waals surface area contributed by atoms with Crippen LogP contribution in [0.2, 0.25) is 0 Å². The Morgan fingerprint density at radius 3 is 2.48 bits per heavy atom. The number of nitrogens with one attached hydrogen (secondary N) is 1. The topological polar surface area (TPSA) is 79.4 Å². The average Bonchev–Trinajstić information content (AvgIpc) is 2.67. The van der Waals surface area contributed by atoms with Gasteiger partial charge in [0.25, 0.3) is 5.91 Å². The van der Waals surface area contributed by atoms with E-state index in [0.717, 1.165) is 19.3 Å². The molecule has 0 bridgehead atoms. The lowest BCUT2D eigenvalue weighted by molar-refractivity contribution is 0.0945. The summed E-state index contributed by atoms with van der Waals surface area (Å²) in [7, 11) is -3.54. The highest BCUT2D eigenvalue weighted by molar-refractivity contribution is 7.89. The van der Waals surface area contributed by atoms with Gasteiger partial charge < -0.3 is 5.32 Å². The summed E-state index contributed by atoms with van der Waals surface area (Å²) in [6, 6.07) is 11.9. The van der Waals surface area contributed by atoms with E-state index in [1.54, 1.807) is 48.7 Å². The Morgan fingerprint density at radius 1 is 1.04 bits per heavy atom. The van der Waals surface area contributed by atoms with Gasteiger partial charge in [-0.1, -0.05) is 30.7 Å². The third-order valence-electron chi connectivity index (χ3n) is 4.24. The summed E-state index contributed by atoms with van der Waals surface area (Å²) in [5, 5.41) is 2.75. The molecule has 25 heavy (non-hydrogen) atoms. The minimum atomic E-state index is -3.54. The summed E-state index contributed by atoms with van der Waals surface area (Å²) < 4.78 is 27.4. The molecule has 132 valence electrons. The maximum atomic E-state index is 12.9. The van der Waals surface area contributed by atoms with Crippen molar-refractivity contribution in [3.05, 3.63) is 59.9 Å². The molecule has 1 N–H and O–H groups in total. The number of piperidine rings is 1. The van der Waals surface area contributed by atoms with Gasteiger partial charge in [-0.2, -0.15) is 4.31 Å². The quantitative estimate of drug-likeness (QED) is 0.887. The Labute approximate surface area is 147 Å². The van der Waals surface area contributed by atoms with Crippen molar-refractivity contribution in [3.8, 4) is 0 Å². The first kappa shape index (κ1) is 17.6. The maximum absolute atomic E-state index is 12.9. The Morgan fingerprint density at radius 2 is 1.76 bits per heavy atom. The largest absolute Gasteiger partial charge is 0.347 e. The molecule has 2 aromatic rings. The molecular weight excluding hydrogens is 338 g/mol. The summed E-state index contributed by atoms with van der Waals surface area (Å²) in [4.78, 5) is 16.4. The van der Waals surface area contributed by atoms with Gasteiger partial charge in [-0.15, -0.1) is 0 Å². The van der Waals surface area contributed by atoms with Gasteiger partial charge in [0.1, 0.15) is 5.69 Å². The zero-order chi connectivity index (χ0) is 17.7. The first-order chi connectivity index (χ1) is 12.1. The predicted molar refractivity (Wildman–Crippen MR) is 94.5 cm³/mol. The van der Waals surface area contributed by atoms with E-state index in [4.69, 9.17) is 0 Å². The second-order valence-electron chi connectivity index (χ2n) is 5.97. The number of amides is 1. The van der Waals surface area contributed by atoms with Gasteiger partial charge in [0.15, 0.2) is 0 Å². The van der Waals surface area contributed by atoms with Crippen LogP contribution in [-0.4, -0.2) is 36.7 Å². The van der Waals surface area contributed by atoms with Crippen LogP contribution >= 0.6 is 0 Å². The molecule has 3 rings (SSSR count). The van der Waals surface area contributed by atoms with Crippen molar-refractivity contribution in [2.45, 2.75) is 30.7 Å². The number of hydrogen-bond acceptors (Lipinski definition) is 4. The highest BCUT2D eigenvalue weighted by Crippen LogP contribution is 2.23. The molecular formula is C18H21N3O3S. The number of carbonyl (C=O) groups is 1. The van der Waals surface area contributed by atoms with Crippen LogP contribution in [0.3, 0.4) is 0 Å². The van der Waals surface area contributed by atoms with Gasteiger partial charge in [0.05, 0.1) is 4.90 Å². The van der Waals surface area contributed by atoms with E-state index in [-0.39, 0.29) is 17.3 Å². The molecule has 7 heteroatoms. The van der Waals surface area contributed by atoms with Crippen LogP contribution in [0.1, 0.15) is 35.3 Å². The zero-order valence-corrected chi connectivity index (χ0v) is 14.7. The van der Waals surface area contributed by atoms with Gasteiger partial charge in [-0.05, 0) is 36.6 Å². The average molecular weight is 359 g/mol. The number of hydrogen-bond donors (Lipinski definition) is 1. The van der Waals surface area contributed by atoms with Crippen molar-refractivity contribution in [2.24, 2.45) is 0 Å². The van der Waals surface area contributed by atoms with E-state index >= 15 is 0 Å². The first-order valence-corrected chi connectivity index (χ1v) is 9.80. The second kappa shape index (κ2) is 7.76. The number of rotatable bonds is 5. The van der Waals surface area contributed by atoms with Crippen LogP contribution in [0.5, 0.6) is 0 Å². The summed E-state index contributed by atoms with van der Waals surface area (Å²) in [5.74, 6) is -0.328. The van der Waals surface area contributed by atoms with Crippen LogP contribution in [0, 0.1) is 0 Å². The molecule has 1 aliphatic rings. The molecule has 1 aromatic heterocycles. The molecule has 0 radical (unpaired) electrons. The minimum absolute atomic E-state index is 0.138. The minimum Gasteiger partial charge on any atom is -0.347 e. The van der Waals surface area contributed by atoms with Crippen LogP contribution in [0.4, 0.5) is 0 Å². The first-order valence-electron chi connectivity index (χ1n) is 8.36. The monoisotopic (exact) mass is 359 g/mol. The Balaban J connectivity index is 1.78. The van der Waals surface area contributed by atoms with Crippen molar-refractivity contribution in [1.82, 2.24) is 14.6 Å². The molecule has 1 amide bonds. The molecule has 1 fully saturated rings. The van der Waals surface area contributed by atoms with E-state index < -0.39 is 10.0 Å². The number of nitrogens with zero attached hydrogens (tertiary/aromatic N) is 2. The van der Waals surface area contributed by atoms with Crippen molar-refractivity contribution in [2.75, 3.05) is 13.1 Å². The fraction of sp³-hybridized carbons (Fsp3) is 0.333. The molecule has 1 saturated heterocycles. The third-order valence-corrected chi connectivity index (χ3v) is 6.24. The molecule has 1 aromatic carbocycles. The van der Waals surface area contributed by atoms with Crippen molar-refractivity contribution >= 4 is 15.9 Å². The fourth-order valence-corrected chi connectivity index (χ4v) is 4.65. The number of pyridine rings is 1. The maximum Gasteiger partial charge on any atom is 0.270 e. The second-order valence-corrected chi connectivity index (χ2v) is 7.88. The number of sulfonamides is 1. The lowest BCUT2D eigenvalue weighted by Crippen LogP contribution is -2.36. The highest BCUT2D eigenvalue weighted by atomic mass is 32.2. The van der Waals surface area contributed by atoms with Gasteiger partial charge >= 0.3 is 0 Å². The van der Waals surface area contributed by atoms with E-state index in [2.05, 4.69) is 10.3 Å². The van der Waals surface area contributed by atoms with E-state index in [1.807, 2.05) is 0 Å². The number of benzene rings is 1. The summed E-state index contributed by atoms with van der Waals surface area (Å²) in [6.07, 6.45) is 4.38. The van der Waals surface area contributed by atoms with E-state index in [1.165, 1.54) is 4.31 Å². The molecule has 0 saturated carbocycles. The molecule has 2 heterocycles. The zero-order valence-electron chi connectivity index (χ0n) is 13.9. The van der Waals surface area contributed by atoms with Crippen molar-refractivity contribution in [3.63, 3.8) is 0 Å². The van der Waals surface area contributed by atoms with Crippen LogP contribution in [0.25, 0.3) is 0 Å². The van der Waals surface area contributed by atoms with E-state index in [0.29, 0.717) is 24.3 Å². The van der Waals surface area contributed by atoms with Gasteiger partial charge in [0.2, 0.25) is 10.0 Å².